The minimum absolute atomic E-state index is 0.250. The fraction of sp³-hybridized carbons (Fsp3) is 0.215. The number of aryl methyl sites for hydroxylation is 8. The Balaban J connectivity index is 0.893. The molecular formula is C79H73N3. The van der Waals surface area contributed by atoms with Crippen molar-refractivity contribution in [1.29, 1.82) is 0 Å². The summed E-state index contributed by atoms with van der Waals surface area (Å²) >= 11 is 0. The van der Waals surface area contributed by atoms with Gasteiger partial charge in [-0.1, -0.05) is 120 Å². The van der Waals surface area contributed by atoms with Crippen molar-refractivity contribution in [2.45, 2.75) is 113 Å². The summed E-state index contributed by atoms with van der Waals surface area (Å²) in [5.74, 6) is 0. The molecule has 11 aromatic rings. The first-order valence-corrected chi connectivity index (χ1v) is 29.4. The van der Waals surface area contributed by atoms with E-state index in [1.165, 1.54) is 161 Å². The molecule has 3 nitrogen and oxygen atoms in total. The van der Waals surface area contributed by atoms with Crippen LogP contribution < -0.4 is 14.7 Å². The predicted octanol–water partition coefficient (Wildman–Crippen LogP) is 22.1. The van der Waals surface area contributed by atoms with E-state index >= 15 is 0 Å². The van der Waals surface area contributed by atoms with Crippen LogP contribution in [0, 0.1) is 55.4 Å². The van der Waals surface area contributed by atoms with E-state index in [1.807, 2.05) is 0 Å². The maximum absolute atomic E-state index is 2.70. The summed E-state index contributed by atoms with van der Waals surface area (Å²) in [6.07, 6.45) is 0. The predicted molar refractivity (Wildman–Crippen MR) is 351 cm³/mol. The quantitative estimate of drug-likeness (QED) is 0.150. The number of anilines is 9. The first-order chi connectivity index (χ1) is 39.1. The molecule has 0 spiro atoms. The fourth-order valence-corrected chi connectivity index (χ4v) is 14.9. The standard InChI is InChI=1S/C79H73N3/c1-46-26-47(2)31-64(30-46)80(65-32-48(3)27-49(4)33-65)62-24-22-54-38-56(18-20-58(54)40-62)60-42-70-75-72(44-60)79(13,14)73-45-61(43-71-76(73)82(75)74-68(77(70,9)10)16-15-17-69(74)78(71,11)12)57-19-21-59-41-63(25-23-55(59)39-57)81(66-34-50(5)28-51(6)35-66)67-36-52(7)29-53(8)37-67/h15-45H,1-14H3. The van der Waals surface area contributed by atoms with Gasteiger partial charge in [-0.25, -0.2) is 0 Å². The van der Waals surface area contributed by atoms with Crippen LogP contribution in [0.2, 0.25) is 0 Å². The molecule has 0 fully saturated rings. The summed E-state index contributed by atoms with van der Waals surface area (Å²) < 4.78 is 0. The van der Waals surface area contributed by atoms with Crippen molar-refractivity contribution in [2.24, 2.45) is 0 Å². The van der Waals surface area contributed by atoms with Gasteiger partial charge >= 0.3 is 0 Å². The maximum atomic E-state index is 2.70. The Bertz CT molecular complexity index is 4080. The second kappa shape index (κ2) is 18.2. The van der Waals surface area contributed by atoms with E-state index in [0.717, 1.165) is 11.4 Å². The molecule has 82 heavy (non-hydrogen) atoms. The van der Waals surface area contributed by atoms with Crippen molar-refractivity contribution in [1.82, 2.24) is 0 Å². The fourth-order valence-electron chi connectivity index (χ4n) is 14.9. The van der Waals surface area contributed by atoms with Crippen LogP contribution in [0.15, 0.2) is 188 Å². The molecule has 3 heterocycles. The maximum Gasteiger partial charge on any atom is 0.0544 e. The van der Waals surface area contributed by atoms with Gasteiger partial charge in [0.15, 0.2) is 0 Å². The number of nitrogens with zero attached hydrogens (tertiary/aromatic N) is 3. The topological polar surface area (TPSA) is 9.72 Å². The van der Waals surface area contributed by atoms with Gasteiger partial charge in [0.05, 0.1) is 17.1 Å². The van der Waals surface area contributed by atoms with E-state index in [0.29, 0.717) is 0 Å². The zero-order valence-electron chi connectivity index (χ0n) is 50.2. The Hall–Kier alpha value is -8.66. The number of para-hydroxylation sites is 1. The Morgan fingerprint density at radius 2 is 0.512 bits per heavy atom. The number of benzene rings is 11. The molecule has 0 saturated heterocycles. The van der Waals surface area contributed by atoms with Gasteiger partial charge in [0.25, 0.3) is 0 Å². The highest BCUT2D eigenvalue weighted by molar-refractivity contribution is 6.02. The number of rotatable bonds is 8. The van der Waals surface area contributed by atoms with Gasteiger partial charge in [0.1, 0.15) is 0 Å². The summed E-state index contributed by atoms with van der Waals surface area (Å²) in [5, 5.41) is 4.90. The van der Waals surface area contributed by atoms with E-state index < -0.39 is 0 Å². The molecule has 3 aliphatic rings. The number of hydrogen-bond acceptors (Lipinski definition) is 3. The highest BCUT2D eigenvalue weighted by atomic mass is 15.2. The third kappa shape index (κ3) is 8.05. The monoisotopic (exact) mass is 1060 g/mol. The second-order valence-corrected chi connectivity index (χ2v) is 26.3. The number of hydrogen-bond donors (Lipinski definition) is 0. The smallest absolute Gasteiger partial charge is 0.0544 e. The van der Waals surface area contributed by atoms with Crippen LogP contribution in [0.1, 0.15) is 119 Å². The lowest BCUT2D eigenvalue weighted by molar-refractivity contribution is 0.567. The lowest BCUT2D eigenvalue weighted by atomic mass is 9.60. The molecule has 14 rings (SSSR count). The lowest BCUT2D eigenvalue weighted by Gasteiger charge is -2.55. The van der Waals surface area contributed by atoms with Crippen molar-refractivity contribution in [2.75, 3.05) is 14.7 Å². The molecule has 11 aromatic carbocycles. The third-order valence-corrected chi connectivity index (χ3v) is 18.7. The van der Waals surface area contributed by atoms with Gasteiger partial charge < -0.3 is 14.7 Å². The molecule has 0 radical (unpaired) electrons. The molecule has 0 unspecified atom stereocenters. The molecule has 0 saturated carbocycles. The van der Waals surface area contributed by atoms with Gasteiger partial charge in [-0.3, -0.25) is 0 Å². The van der Waals surface area contributed by atoms with Gasteiger partial charge in [-0.15, -0.1) is 0 Å². The van der Waals surface area contributed by atoms with E-state index in [-0.39, 0.29) is 16.2 Å². The lowest BCUT2D eigenvalue weighted by Crippen LogP contribution is -2.43. The van der Waals surface area contributed by atoms with E-state index in [2.05, 4.69) is 300 Å². The highest BCUT2D eigenvalue weighted by Gasteiger charge is 2.52. The van der Waals surface area contributed by atoms with Crippen molar-refractivity contribution < 1.29 is 0 Å². The normalized spacial score (nSPS) is 14.7. The van der Waals surface area contributed by atoms with Crippen molar-refractivity contribution >= 4 is 72.7 Å². The van der Waals surface area contributed by atoms with Crippen LogP contribution in [0.3, 0.4) is 0 Å². The molecule has 0 bridgehead atoms. The van der Waals surface area contributed by atoms with Gasteiger partial charge in [-0.05, 0) is 286 Å². The molecule has 404 valence electrons. The van der Waals surface area contributed by atoms with Crippen LogP contribution in [0.4, 0.5) is 51.2 Å². The summed E-state index contributed by atoms with van der Waals surface area (Å²) in [6, 6.07) is 73.0. The van der Waals surface area contributed by atoms with E-state index in [4.69, 9.17) is 0 Å². The van der Waals surface area contributed by atoms with Crippen LogP contribution in [-0.4, -0.2) is 0 Å². The molecule has 3 aliphatic heterocycles. The average molecular weight is 1060 g/mol. The van der Waals surface area contributed by atoms with Crippen LogP contribution in [-0.2, 0) is 16.2 Å². The largest absolute Gasteiger partial charge is 0.310 e. The molecule has 0 N–H and O–H groups in total. The molecule has 0 aliphatic carbocycles. The van der Waals surface area contributed by atoms with Crippen LogP contribution in [0.25, 0.3) is 43.8 Å². The summed E-state index contributed by atoms with van der Waals surface area (Å²) in [5.41, 5.74) is 33.6. The zero-order valence-corrected chi connectivity index (χ0v) is 50.2. The van der Waals surface area contributed by atoms with Crippen molar-refractivity contribution in [3.8, 4) is 22.3 Å². The Morgan fingerprint density at radius 1 is 0.244 bits per heavy atom. The molecule has 0 atom stereocenters. The molecule has 3 heteroatoms. The minimum atomic E-state index is -0.332. The van der Waals surface area contributed by atoms with E-state index in [9.17, 15) is 0 Å². The second-order valence-electron chi connectivity index (χ2n) is 26.3. The molecule has 0 amide bonds. The van der Waals surface area contributed by atoms with Crippen molar-refractivity contribution in [3.05, 3.63) is 266 Å². The molecule has 0 aromatic heterocycles. The highest BCUT2D eigenvalue weighted by Crippen LogP contribution is 2.67. The average Bonchev–Trinajstić information content (AvgIpc) is 2.78. The minimum Gasteiger partial charge on any atom is -0.310 e. The first-order valence-electron chi connectivity index (χ1n) is 29.4. The number of fused-ring (bicyclic) bond motifs is 2. The van der Waals surface area contributed by atoms with Crippen LogP contribution >= 0.6 is 0 Å². The Labute approximate surface area is 486 Å². The summed E-state index contributed by atoms with van der Waals surface area (Å²) in [6.45, 7) is 32.4. The SMILES string of the molecule is Cc1cc(C)cc(N(c2cc(C)cc(C)c2)c2ccc3cc(-c4cc5c6c(c4)C(C)(C)c4cc(-c7ccc8cc(N(c9cc(C)cc(C)c9)c9cc(C)cc(C)c9)ccc8c7)cc7c4N6c4c(cccc4C7(C)C)C5(C)C)ccc3c2)c1. The Kier molecular flexibility index (Phi) is 11.4. The van der Waals surface area contributed by atoms with E-state index in [1.54, 1.807) is 0 Å². The van der Waals surface area contributed by atoms with Gasteiger partial charge in [0.2, 0.25) is 0 Å². The summed E-state index contributed by atoms with van der Waals surface area (Å²) in [4.78, 5) is 7.55. The zero-order chi connectivity index (χ0) is 57.1. The van der Waals surface area contributed by atoms with Gasteiger partial charge in [-0.2, -0.15) is 0 Å². The summed E-state index contributed by atoms with van der Waals surface area (Å²) in [7, 11) is 0. The van der Waals surface area contributed by atoms with Crippen molar-refractivity contribution in [3.63, 3.8) is 0 Å². The molecular weight excluding hydrogens is 991 g/mol. The first kappa shape index (κ1) is 51.5. The Morgan fingerprint density at radius 3 is 0.829 bits per heavy atom. The van der Waals surface area contributed by atoms with Gasteiger partial charge in [0, 0.05) is 50.4 Å². The third-order valence-electron chi connectivity index (χ3n) is 18.7. The van der Waals surface area contributed by atoms with Crippen LogP contribution in [0.5, 0.6) is 0 Å².